The van der Waals surface area contributed by atoms with E-state index in [-0.39, 0.29) is 25.9 Å². The second kappa shape index (κ2) is 51.9. The lowest BCUT2D eigenvalue weighted by atomic mass is 9.98. The van der Waals surface area contributed by atoms with Crippen molar-refractivity contribution >= 4 is 23.9 Å². The Hall–Kier alpha value is -4.88. The van der Waals surface area contributed by atoms with E-state index >= 15 is 0 Å². The molecular weight excluding hydrogens is 973 g/mol. The van der Waals surface area contributed by atoms with Crippen molar-refractivity contribution in [3.8, 4) is 0 Å². The number of aliphatic hydroxyl groups is 2. The summed E-state index contributed by atoms with van der Waals surface area (Å²) in [5.74, 6) is -3.33. The van der Waals surface area contributed by atoms with E-state index in [1.54, 1.807) is 6.08 Å². The summed E-state index contributed by atoms with van der Waals surface area (Å²) in [7, 11) is 0. The lowest BCUT2D eigenvalue weighted by Crippen LogP contribution is -2.61. The van der Waals surface area contributed by atoms with Crippen LogP contribution >= 0.6 is 0 Å². The number of carboxylic acid groups (broad SMARTS) is 1. The van der Waals surface area contributed by atoms with Gasteiger partial charge in [0.15, 0.2) is 24.6 Å². The molecule has 0 spiro atoms. The summed E-state index contributed by atoms with van der Waals surface area (Å²) < 4.78 is 28.3. The molecule has 3 N–H and O–H groups in total. The van der Waals surface area contributed by atoms with Gasteiger partial charge in [-0.1, -0.05) is 206 Å². The maximum atomic E-state index is 13.1. The van der Waals surface area contributed by atoms with Gasteiger partial charge in [0.2, 0.25) is 0 Å². The molecule has 6 unspecified atom stereocenters. The number of unbranched alkanes of at least 4 members (excludes halogenated alkanes) is 15. The second-order valence-electron chi connectivity index (χ2n) is 19.5. The molecule has 0 aliphatic carbocycles. The van der Waals surface area contributed by atoms with E-state index in [4.69, 9.17) is 23.7 Å². The first kappa shape index (κ1) is 70.1. The van der Waals surface area contributed by atoms with Crippen LogP contribution in [0.15, 0.2) is 122 Å². The number of esters is 3. The highest BCUT2D eigenvalue weighted by Crippen LogP contribution is 2.26. The Balaban J connectivity index is 2.76. The maximum Gasteiger partial charge on any atom is 0.335 e. The molecule has 434 valence electrons. The summed E-state index contributed by atoms with van der Waals surface area (Å²) in [5.41, 5.74) is 0. The van der Waals surface area contributed by atoms with Crippen molar-refractivity contribution in [2.24, 2.45) is 0 Å². The Morgan fingerprint density at radius 3 is 1.31 bits per heavy atom. The van der Waals surface area contributed by atoms with Crippen molar-refractivity contribution in [2.45, 2.75) is 250 Å². The summed E-state index contributed by atoms with van der Waals surface area (Å²) in [6.07, 6.45) is 59.0. The topological polar surface area (TPSA) is 175 Å². The highest BCUT2D eigenvalue weighted by Gasteiger charge is 2.50. The number of carbonyl (C=O) groups is 4. The van der Waals surface area contributed by atoms with Crippen molar-refractivity contribution in [1.29, 1.82) is 0 Å². The number of aliphatic hydroxyl groups excluding tert-OH is 2. The average Bonchev–Trinajstić information content (AvgIpc) is 3.42. The molecule has 1 saturated heterocycles. The third-order valence-corrected chi connectivity index (χ3v) is 12.5. The molecular formula is C65H102O12. The van der Waals surface area contributed by atoms with E-state index in [1.165, 1.54) is 19.3 Å². The van der Waals surface area contributed by atoms with E-state index in [0.717, 1.165) is 135 Å². The summed E-state index contributed by atoms with van der Waals surface area (Å²) in [5, 5.41) is 31.5. The smallest absolute Gasteiger partial charge is 0.335 e. The molecule has 0 aromatic rings. The van der Waals surface area contributed by atoms with Crippen LogP contribution in [-0.4, -0.2) is 89.2 Å². The van der Waals surface area contributed by atoms with Gasteiger partial charge in [-0.05, 0) is 109 Å². The molecule has 6 atom stereocenters. The highest BCUT2D eigenvalue weighted by atomic mass is 16.7. The molecule has 1 aliphatic heterocycles. The first-order valence-corrected chi connectivity index (χ1v) is 29.5. The third kappa shape index (κ3) is 41.8. The largest absolute Gasteiger partial charge is 0.479 e. The zero-order chi connectivity index (χ0) is 56.1. The molecule has 1 fully saturated rings. The Bertz CT molecular complexity index is 1800. The van der Waals surface area contributed by atoms with Crippen LogP contribution in [-0.2, 0) is 42.9 Å². The fourth-order valence-electron chi connectivity index (χ4n) is 8.07. The van der Waals surface area contributed by atoms with Gasteiger partial charge < -0.3 is 39.0 Å². The average molecular weight is 1080 g/mol. The van der Waals surface area contributed by atoms with Crippen LogP contribution in [0.4, 0.5) is 0 Å². The van der Waals surface area contributed by atoms with E-state index < -0.39 is 67.3 Å². The molecule has 12 nitrogen and oxygen atoms in total. The third-order valence-electron chi connectivity index (χ3n) is 12.5. The minimum absolute atomic E-state index is 0.0244. The Kier molecular flexibility index (Phi) is 47.2. The molecule has 0 amide bonds. The fraction of sp³-hybridized carbons (Fsp3) is 0.631. The second-order valence-corrected chi connectivity index (χ2v) is 19.5. The van der Waals surface area contributed by atoms with Gasteiger partial charge in [0.25, 0.3) is 0 Å². The van der Waals surface area contributed by atoms with E-state index in [0.29, 0.717) is 19.3 Å². The molecule has 1 heterocycles. The van der Waals surface area contributed by atoms with Gasteiger partial charge in [-0.2, -0.15) is 0 Å². The maximum absolute atomic E-state index is 13.1. The normalized spacial score (nSPS) is 18.9. The van der Waals surface area contributed by atoms with Gasteiger partial charge in [0, 0.05) is 12.8 Å². The van der Waals surface area contributed by atoms with Crippen LogP contribution in [0.2, 0.25) is 0 Å². The van der Waals surface area contributed by atoms with Crippen molar-refractivity contribution in [1.82, 2.24) is 0 Å². The first-order chi connectivity index (χ1) is 37.6. The van der Waals surface area contributed by atoms with Crippen molar-refractivity contribution < 1.29 is 58.2 Å². The van der Waals surface area contributed by atoms with Crippen LogP contribution < -0.4 is 0 Å². The molecule has 0 aromatic carbocycles. The summed E-state index contributed by atoms with van der Waals surface area (Å²) in [6.45, 7) is 5.62. The first-order valence-electron chi connectivity index (χ1n) is 29.5. The molecule has 1 rings (SSSR count). The Labute approximate surface area is 465 Å². The molecule has 12 heteroatoms. The van der Waals surface area contributed by atoms with Crippen molar-refractivity contribution in [3.63, 3.8) is 0 Å². The Morgan fingerprint density at radius 1 is 0.455 bits per heavy atom. The highest BCUT2D eigenvalue weighted by molar-refractivity contribution is 5.74. The lowest BCUT2D eigenvalue weighted by Gasteiger charge is -2.40. The number of carboxylic acids is 1. The van der Waals surface area contributed by atoms with Gasteiger partial charge in [0.1, 0.15) is 18.8 Å². The number of ether oxygens (including phenoxy) is 5. The van der Waals surface area contributed by atoms with Crippen LogP contribution in [0.3, 0.4) is 0 Å². The van der Waals surface area contributed by atoms with Gasteiger partial charge >= 0.3 is 23.9 Å². The zero-order valence-corrected chi connectivity index (χ0v) is 47.7. The molecule has 0 bridgehead atoms. The van der Waals surface area contributed by atoms with E-state index in [1.807, 2.05) is 12.2 Å². The number of allylic oxidation sites excluding steroid dienone is 19. The predicted molar refractivity (Wildman–Crippen MR) is 312 cm³/mol. The summed E-state index contributed by atoms with van der Waals surface area (Å²) >= 11 is 0. The lowest BCUT2D eigenvalue weighted by molar-refractivity contribution is -0.301. The number of aliphatic carboxylic acids is 1. The number of carbonyl (C=O) groups excluding carboxylic acids is 3. The van der Waals surface area contributed by atoms with Crippen LogP contribution in [0.25, 0.3) is 0 Å². The number of rotatable bonds is 48. The van der Waals surface area contributed by atoms with Gasteiger partial charge in [-0.15, -0.1) is 0 Å². The number of hydrogen-bond donors (Lipinski definition) is 3. The minimum atomic E-state index is -1.93. The number of hydrogen-bond acceptors (Lipinski definition) is 11. The van der Waals surface area contributed by atoms with Crippen LogP contribution in [0.1, 0.15) is 213 Å². The molecule has 0 aromatic heterocycles. The molecule has 1 aliphatic rings. The summed E-state index contributed by atoms with van der Waals surface area (Å²) in [4.78, 5) is 51.1. The van der Waals surface area contributed by atoms with Gasteiger partial charge in [0.05, 0.1) is 13.0 Å². The standard InChI is InChI=1S/C65H102O12/c1-4-7-10-13-16-19-22-25-28-29-32-35-38-41-44-47-50-53-59(68)76-63-61(70)60(69)62(64(71)72)77-65(63)74-55-56(75-58(67)52-49-46-43-40-37-34-31-27-24-21-18-15-12-9-6-3)54-73-57(66)51-48-45-42-39-36-33-30-26-23-20-17-14-11-8-5-2/h7-8,10-11,16-21,25-28,30-31,36,39,45,48,56,60-63,65,69-70H,4-6,9,12-15,22-24,29,32-35,37-38,40-44,46-47,49-55H2,1-3H3,(H,71,72)/b10-7-,11-8-,19-16-,20-17-,21-18-,28-25-,30-26-,31-27-,39-36-,48-45-. The van der Waals surface area contributed by atoms with Crippen LogP contribution in [0.5, 0.6) is 0 Å². The predicted octanol–water partition coefficient (Wildman–Crippen LogP) is 15.2. The Morgan fingerprint density at radius 2 is 0.857 bits per heavy atom. The van der Waals surface area contributed by atoms with E-state index in [9.17, 15) is 34.5 Å². The fourth-order valence-corrected chi connectivity index (χ4v) is 8.07. The molecule has 77 heavy (non-hydrogen) atoms. The quantitative estimate of drug-likeness (QED) is 0.0228. The SMILES string of the molecule is CC/C=C\C/C=C\C/C=C\C/C=C\C/C=C\CC(=O)OCC(COC1OC(C(=O)O)C(O)C(O)C1OC(=O)CCCCCCCCC/C=C\C/C=C\C/C=C\CC)OC(=O)CCCCCCC/C=C\C/C=C\CCCCC. The minimum Gasteiger partial charge on any atom is -0.479 e. The van der Waals surface area contributed by atoms with E-state index in [2.05, 4.69) is 124 Å². The van der Waals surface area contributed by atoms with Gasteiger partial charge in [-0.25, -0.2) is 4.79 Å². The van der Waals surface area contributed by atoms with Gasteiger partial charge in [-0.3, -0.25) is 14.4 Å². The van der Waals surface area contributed by atoms with Crippen LogP contribution in [0, 0.1) is 0 Å². The zero-order valence-electron chi connectivity index (χ0n) is 47.7. The monoisotopic (exact) mass is 1070 g/mol. The van der Waals surface area contributed by atoms with Crippen molar-refractivity contribution in [3.05, 3.63) is 122 Å². The summed E-state index contributed by atoms with van der Waals surface area (Å²) in [6, 6.07) is 0. The molecule has 0 radical (unpaired) electrons. The molecule has 0 saturated carbocycles. The van der Waals surface area contributed by atoms with Crippen molar-refractivity contribution in [2.75, 3.05) is 13.2 Å².